The van der Waals surface area contributed by atoms with E-state index in [2.05, 4.69) is 15.7 Å². The molecule has 2 N–H and O–H groups in total. The minimum atomic E-state index is -0.0909. The summed E-state index contributed by atoms with van der Waals surface area (Å²) in [4.78, 5) is 23.7. The van der Waals surface area contributed by atoms with Gasteiger partial charge in [0.1, 0.15) is 0 Å². The summed E-state index contributed by atoms with van der Waals surface area (Å²) in [5, 5.41) is 13.6. The van der Waals surface area contributed by atoms with E-state index in [0.29, 0.717) is 31.5 Å². The van der Waals surface area contributed by atoms with Crippen LogP contribution in [-0.4, -0.2) is 28.1 Å². The van der Waals surface area contributed by atoms with E-state index in [4.69, 9.17) is 0 Å². The summed E-state index contributed by atoms with van der Waals surface area (Å²) in [5.74, 6) is -0.104. The van der Waals surface area contributed by atoms with E-state index in [0.717, 1.165) is 17.7 Å². The number of hydrogen-bond acceptors (Lipinski definition) is 4. The van der Waals surface area contributed by atoms with E-state index in [1.165, 1.54) is 11.3 Å². The number of carbonyl (C=O) groups is 2. The summed E-state index contributed by atoms with van der Waals surface area (Å²) in [6, 6.07) is 11.8. The van der Waals surface area contributed by atoms with Gasteiger partial charge in [-0.25, -0.2) is 0 Å². The Balaban J connectivity index is 1.32. The molecule has 0 aliphatic rings. The van der Waals surface area contributed by atoms with Gasteiger partial charge in [-0.2, -0.15) is 16.4 Å². The second kappa shape index (κ2) is 9.68. The first-order valence-corrected chi connectivity index (χ1v) is 9.77. The lowest BCUT2D eigenvalue weighted by atomic mass is 10.1. The molecule has 0 aliphatic carbocycles. The zero-order chi connectivity index (χ0) is 18.9. The Labute approximate surface area is 162 Å². The molecule has 27 heavy (non-hydrogen) atoms. The van der Waals surface area contributed by atoms with E-state index in [9.17, 15) is 9.59 Å². The molecule has 0 atom stereocenters. The molecule has 2 aromatic heterocycles. The van der Waals surface area contributed by atoms with E-state index in [1.807, 2.05) is 52.0 Å². The van der Waals surface area contributed by atoms with Crippen LogP contribution in [-0.2, 0) is 17.9 Å². The predicted octanol–water partition coefficient (Wildman–Crippen LogP) is 2.82. The highest BCUT2D eigenvalue weighted by molar-refractivity contribution is 7.08. The molecule has 3 aromatic rings. The molecule has 0 fully saturated rings. The van der Waals surface area contributed by atoms with E-state index in [1.54, 1.807) is 12.3 Å². The predicted molar refractivity (Wildman–Crippen MR) is 106 cm³/mol. The van der Waals surface area contributed by atoms with Crippen LogP contribution in [0.15, 0.2) is 59.6 Å². The number of aromatic nitrogens is 2. The summed E-state index contributed by atoms with van der Waals surface area (Å²) in [6.07, 6.45) is 4.69. The van der Waals surface area contributed by atoms with Crippen molar-refractivity contribution in [3.8, 4) is 0 Å². The fourth-order valence-corrected chi connectivity index (χ4v) is 3.22. The highest BCUT2D eigenvalue weighted by Crippen LogP contribution is 2.07. The van der Waals surface area contributed by atoms with Crippen molar-refractivity contribution >= 4 is 23.2 Å². The molecule has 0 bridgehead atoms. The quantitative estimate of drug-likeness (QED) is 0.559. The van der Waals surface area contributed by atoms with Gasteiger partial charge in [-0.15, -0.1) is 0 Å². The molecule has 2 heterocycles. The Hall–Kier alpha value is -2.93. The van der Waals surface area contributed by atoms with Crippen molar-refractivity contribution in [2.45, 2.75) is 25.9 Å². The summed E-state index contributed by atoms with van der Waals surface area (Å²) >= 11 is 1.49. The minimum absolute atomic E-state index is 0.0135. The lowest BCUT2D eigenvalue weighted by Crippen LogP contribution is -2.27. The number of benzene rings is 1. The second-order valence-electron chi connectivity index (χ2n) is 6.17. The second-order valence-corrected chi connectivity index (χ2v) is 6.95. The molecule has 3 rings (SSSR count). The zero-order valence-corrected chi connectivity index (χ0v) is 15.7. The molecule has 140 valence electrons. The van der Waals surface area contributed by atoms with Gasteiger partial charge in [0, 0.05) is 42.8 Å². The smallest absolute Gasteiger partial charge is 0.252 e. The van der Waals surface area contributed by atoms with Gasteiger partial charge in [0.25, 0.3) is 5.91 Å². The van der Waals surface area contributed by atoms with Crippen molar-refractivity contribution in [3.05, 3.63) is 76.2 Å². The first-order chi connectivity index (χ1) is 13.2. The van der Waals surface area contributed by atoms with Crippen LogP contribution in [0.2, 0.25) is 0 Å². The van der Waals surface area contributed by atoms with Crippen LogP contribution in [0.5, 0.6) is 0 Å². The number of rotatable bonds is 9. The number of nitrogens with one attached hydrogen (secondary N) is 2. The van der Waals surface area contributed by atoms with Crippen LogP contribution >= 0.6 is 11.3 Å². The van der Waals surface area contributed by atoms with Crippen molar-refractivity contribution < 1.29 is 9.59 Å². The van der Waals surface area contributed by atoms with Crippen molar-refractivity contribution in [1.29, 1.82) is 0 Å². The van der Waals surface area contributed by atoms with Gasteiger partial charge in [0.05, 0.1) is 6.54 Å². The molecule has 0 aliphatic heterocycles. The number of hydrogen-bond donors (Lipinski definition) is 2. The average molecular weight is 382 g/mol. The van der Waals surface area contributed by atoms with Crippen molar-refractivity contribution in [2.24, 2.45) is 0 Å². The molecule has 6 nitrogen and oxygen atoms in total. The highest BCUT2D eigenvalue weighted by atomic mass is 32.1. The molecule has 0 saturated heterocycles. The molecular weight excluding hydrogens is 360 g/mol. The number of amides is 2. The fourth-order valence-electron chi connectivity index (χ4n) is 2.58. The standard InChI is InChI=1S/C20H22N4O2S/c25-19(3-1-9-21-20(26)18-8-12-27-15-18)22-13-16-4-6-17(7-5-16)14-24-11-2-10-23-24/h2,4-8,10-12,15H,1,3,9,13-14H2,(H,21,26)(H,22,25). The van der Waals surface area contributed by atoms with Crippen molar-refractivity contribution in [2.75, 3.05) is 6.54 Å². The van der Waals surface area contributed by atoms with Crippen molar-refractivity contribution in [3.63, 3.8) is 0 Å². The summed E-state index contributed by atoms with van der Waals surface area (Å²) in [6.45, 7) is 1.73. The maximum Gasteiger partial charge on any atom is 0.252 e. The first kappa shape index (κ1) is 18.8. The highest BCUT2D eigenvalue weighted by Gasteiger charge is 2.06. The van der Waals surface area contributed by atoms with Gasteiger partial charge in [-0.05, 0) is 35.1 Å². The Morgan fingerprint density at radius 3 is 2.59 bits per heavy atom. The zero-order valence-electron chi connectivity index (χ0n) is 14.9. The van der Waals surface area contributed by atoms with E-state index >= 15 is 0 Å². The lowest BCUT2D eigenvalue weighted by molar-refractivity contribution is -0.121. The maximum absolute atomic E-state index is 11.9. The Bertz CT molecular complexity index is 843. The number of thiophene rings is 1. The SMILES string of the molecule is O=C(CCCNC(=O)c1ccsc1)NCc1ccc(Cn2cccn2)cc1. The summed E-state index contributed by atoms with van der Waals surface area (Å²) in [7, 11) is 0. The van der Waals surface area contributed by atoms with Gasteiger partial charge < -0.3 is 10.6 Å². The largest absolute Gasteiger partial charge is 0.352 e. The van der Waals surface area contributed by atoms with Crippen LogP contribution in [0.1, 0.15) is 34.3 Å². The molecule has 0 spiro atoms. The average Bonchev–Trinajstić information content (AvgIpc) is 3.38. The monoisotopic (exact) mass is 382 g/mol. The molecule has 0 saturated carbocycles. The first-order valence-electron chi connectivity index (χ1n) is 8.83. The maximum atomic E-state index is 11.9. The van der Waals surface area contributed by atoms with Gasteiger partial charge in [-0.1, -0.05) is 24.3 Å². The third-order valence-corrected chi connectivity index (χ3v) is 4.75. The number of nitrogens with zero attached hydrogens (tertiary/aromatic N) is 2. The molecule has 0 radical (unpaired) electrons. The molecule has 1 aromatic carbocycles. The fraction of sp³-hybridized carbons (Fsp3) is 0.250. The molecule has 0 unspecified atom stereocenters. The van der Waals surface area contributed by atoms with Gasteiger partial charge in [0.15, 0.2) is 0 Å². The van der Waals surface area contributed by atoms with Gasteiger partial charge >= 0.3 is 0 Å². The number of carbonyl (C=O) groups excluding carboxylic acids is 2. The van der Waals surface area contributed by atoms with Crippen LogP contribution in [0.3, 0.4) is 0 Å². The van der Waals surface area contributed by atoms with Gasteiger partial charge in [-0.3, -0.25) is 14.3 Å². The minimum Gasteiger partial charge on any atom is -0.352 e. The summed E-state index contributed by atoms with van der Waals surface area (Å²) < 4.78 is 1.87. The normalized spacial score (nSPS) is 10.5. The van der Waals surface area contributed by atoms with Crippen LogP contribution in [0.25, 0.3) is 0 Å². The Morgan fingerprint density at radius 1 is 1.07 bits per heavy atom. The third kappa shape index (κ3) is 6.07. The molecule has 2 amide bonds. The molecule has 7 heteroatoms. The topological polar surface area (TPSA) is 76.0 Å². The summed E-state index contributed by atoms with van der Waals surface area (Å²) in [5.41, 5.74) is 2.88. The Kier molecular flexibility index (Phi) is 6.76. The van der Waals surface area contributed by atoms with Gasteiger partial charge in [0.2, 0.25) is 5.91 Å². The van der Waals surface area contributed by atoms with E-state index in [-0.39, 0.29) is 11.8 Å². The van der Waals surface area contributed by atoms with Crippen LogP contribution in [0, 0.1) is 0 Å². The third-order valence-electron chi connectivity index (χ3n) is 4.07. The lowest BCUT2D eigenvalue weighted by Gasteiger charge is -2.07. The Morgan fingerprint density at radius 2 is 1.89 bits per heavy atom. The van der Waals surface area contributed by atoms with E-state index < -0.39 is 0 Å². The molecular formula is C20H22N4O2S. The van der Waals surface area contributed by atoms with Crippen molar-refractivity contribution in [1.82, 2.24) is 20.4 Å². The van der Waals surface area contributed by atoms with Crippen LogP contribution < -0.4 is 10.6 Å². The van der Waals surface area contributed by atoms with Crippen LogP contribution in [0.4, 0.5) is 0 Å².